The van der Waals surface area contributed by atoms with Gasteiger partial charge in [-0.15, -0.1) is 0 Å². The third-order valence-electron chi connectivity index (χ3n) is 4.25. The van der Waals surface area contributed by atoms with E-state index in [4.69, 9.17) is 35.0 Å². The highest BCUT2D eigenvalue weighted by molar-refractivity contribution is 7.80. The number of thiocarbonyl (C=S) groups is 2. The molecular formula is C22H24N6S2. The van der Waals surface area contributed by atoms with Gasteiger partial charge in [-0.2, -0.15) is 10.5 Å². The smallest absolute Gasteiger partial charge is 0.173 e. The van der Waals surface area contributed by atoms with Crippen molar-refractivity contribution < 1.29 is 0 Å². The van der Waals surface area contributed by atoms with Crippen LogP contribution < -0.4 is 10.6 Å². The number of rotatable bonds is 9. The Morgan fingerprint density at radius 3 is 1.37 bits per heavy atom. The molecule has 0 spiro atoms. The van der Waals surface area contributed by atoms with Crippen LogP contribution in [0.5, 0.6) is 0 Å². The molecule has 6 nitrogen and oxygen atoms in total. The molecule has 2 aromatic carbocycles. The molecule has 0 aliphatic carbocycles. The molecule has 0 aliphatic rings. The zero-order valence-corrected chi connectivity index (χ0v) is 18.3. The number of benzene rings is 2. The van der Waals surface area contributed by atoms with Crippen molar-refractivity contribution in [1.82, 2.24) is 9.80 Å². The van der Waals surface area contributed by atoms with Crippen molar-refractivity contribution in [2.24, 2.45) is 0 Å². The zero-order valence-electron chi connectivity index (χ0n) is 16.6. The minimum Gasteiger partial charge on any atom is -0.346 e. The normalized spacial score (nSPS) is 9.67. The SMILES string of the molecule is N#CCCN(CCN(CCC#N)C(=S)Nc1ccccc1)C(=S)Nc1ccccc1. The molecule has 0 radical (unpaired) electrons. The number of nitriles is 2. The first-order chi connectivity index (χ1) is 14.6. The van der Waals surface area contributed by atoms with Gasteiger partial charge in [-0.3, -0.25) is 0 Å². The molecule has 2 N–H and O–H groups in total. The number of para-hydroxylation sites is 2. The summed E-state index contributed by atoms with van der Waals surface area (Å²) in [5.41, 5.74) is 1.79. The standard InChI is InChI=1S/C22H24N6S2/c23-13-7-15-27(21(29)25-19-9-3-1-4-10-19)17-18-28(16-8-14-24)22(30)26-20-11-5-2-6-12-20/h1-6,9-12H,7-8,15-18H2,(H,25,29)(H,26,30). The van der Waals surface area contributed by atoms with Crippen molar-refractivity contribution in [3.8, 4) is 12.1 Å². The van der Waals surface area contributed by atoms with E-state index in [-0.39, 0.29) is 0 Å². The Labute approximate surface area is 188 Å². The lowest BCUT2D eigenvalue weighted by atomic mass is 10.3. The van der Waals surface area contributed by atoms with E-state index >= 15 is 0 Å². The number of hydrogen-bond donors (Lipinski definition) is 2. The highest BCUT2D eigenvalue weighted by atomic mass is 32.1. The van der Waals surface area contributed by atoms with E-state index in [1.807, 2.05) is 70.5 Å². The predicted octanol–water partition coefficient (Wildman–Crippen LogP) is 4.21. The molecule has 0 bridgehead atoms. The van der Waals surface area contributed by atoms with Crippen LogP contribution in [-0.2, 0) is 0 Å². The monoisotopic (exact) mass is 436 g/mol. The summed E-state index contributed by atoms with van der Waals surface area (Å²) in [7, 11) is 0. The molecule has 0 saturated carbocycles. The van der Waals surface area contributed by atoms with Crippen LogP contribution in [0.15, 0.2) is 60.7 Å². The Morgan fingerprint density at radius 1 is 0.667 bits per heavy atom. The van der Waals surface area contributed by atoms with E-state index < -0.39 is 0 Å². The second kappa shape index (κ2) is 13.1. The zero-order chi connectivity index (χ0) is 21.6. The predicted molar refractivity (Wildman–Crippen MR) is 129 cm³/mol. The molecule has 0 aromatic heterocycles. The van der Waals surface area contributed by atoms with Crippen LogP contribution in [-0.4, -0.2) is 46.2 Å². The highest BCUT2D eigenvalue weighted by Crippen LogP contribution is 2.10. The van der Waals surface area contributed by atoms with Gasteiger partial charge in [0.05, 0.1) is 25.0 Å². The van der Waals surface area contributed by atoms with Crippen LogP contribution in [0.2, 0.25) is 0 Å². The number of nitrogens with one attached hydrogen (secondary N) is 2. The molecule has 0 atom stereocenters. The van der Waals surface area contributed by atoms with Gasteiger partial charge in [0, 0.05) is 37.6 Å². The van der Waals surface area contributed by atoms with Gasteiger partial charge < -0.3 is 20.4 Å². The summed E-state index contributed by atoms with van der Waals surface area (Å²) in [6.07, 6.45) is 0.725. The fraction of sp³-hybridized carbons (Fsp3) is 0.273. The second-order valence-corrected chi connectivity index (χ2v) is 7.16. The van der Waals surface area contributed by atoms with Crippen LogP contribution in [0.4, 0.5) is 11.4 Å². The summed E-state index contributed by atoms with van der Waals surface area (Å²) in [4.78, 5) is 3.91. The van der Waals surface area contributed by atoms with Gasteiger partial charge in [0.25, 0.3) is 0 Å². The van der Waals surface area contributed by atoms with Crippen molar-refractivity contribution in [2.75, 3.05) is 36.8 Å². The van der Waals surface area contributed by atoms with Gasteiger partial charge in [-0.1, -0.05) is 36.4 Å². The van der Waals surface area contributed by atoms with Gasteiger partial charge in [-0.05, 0) is 48.7 Å². The molecule has 0 saturated heterocycles. The second-order valence-electron chi connectivity index (χ2n) is 6.38. The summed E-state index contributed by atoms with van der Waals surface area (Å²) >= 11 is 11.1. The van der Waals surface area contributed by atoms with Gasteiger partial charge in [0.1, 0.15) is 0 Å². The highest BCUT2D eigenvalue weighted by Gasteiger charge is 2.15. The van der Waals surface area contributed by atoms with Gasteiger partial charge >= 0.3 is 0 Å². The molecule has 30 heavy (non-hydrogen) atoms. The summed E-state index contributed by atoms with van der Waals surface area (Å²) < 4.78 is 0. The summed E-state index contributed by atoms with van der Waals surface area (Å²) in [5.74, 6) is 0. The van der Waals surface area contributed by atoms with E-state index in [1.165, 1.54) is 0 Å². The summed E-state index contributed by atoms with van der Waals surface area (Å²) in [6, 6.07) is 23.7. The van der Waals surface area contributed by atoms with Crippen molar-refractivity contribution in [2.45, 2.75) is 12.8 Å². The van der Waals surface area contributed by atoms with E-state index in [2.05, 4.69) is 22.8 Å². The molecule has 2 aromatic rings. The third-order valence-corrected chi connectivity index (χ3v) is 4.97. The number of hydrogen-bond acceptors (Lipinski definition) is 4. The Balaban J connectivity index is 2.02. The number of anilines is 2. The van der Waals surface area contributed by atoms with Crippen LogP contribution in [0, 0.1) is 22.7 Å². The molecule has 0 aliphatic heterocycles. The third kappa shape index (κ3) is 8.04. The molecule has 0 amide bonds. The lowest BCUT2D eigenvalue weighted by Crippen LogP contribution is -2.44. The lowest BCUT2D eigenvalue weighted by molar-refractivity contribution is 0.350. The first-order valence-corrected chi connectivity index (χ1v) is 10.4. The van der Waals surface area contributed by atoms with Crippen molar-refractivity contribution >= 4 is 46.0 Å². The Bertz CT molecular complexity index is 814. The molecule has 0 heterocycles. The van der Waals surface area contributed by atoms with Crippen LogP contribution in [0.25, 0.3) is 0 Å². The van der Waals surface area contributed by atoms with Crippen LogP contribution in [0.1, 0.15) is 12.8 Å². The minimum absolute atomic E-state index is 0.363. The van der Waals surface area contributed by atoms with Crippen LogP contribution >= 0.6 is 24.4 Å². The van der Waals surface area contributed by atoms with E-state index in [0.29, 0.717) is 49.2 Å². The van der Waals surface area contributed by atoms with Crippen molar-refractivity contribution in [3.05, 3.63) is 60.7 Å². The average molecular weight is 437 g/mol. The van der Waals surface area contributed by atoms with E-state index in [9.17, 15) is 0 Å². The fourth-order valence-electron chi connectivity index (χ4n) is 2.69. The molecule has 0 unspecified atom stereocenters. The summed E-state index contributed by atoms with van der Waals surface area (Å²) in [5, 5.41) is 25.6. The number of nitrogens with zero attached hydrogens (tertiary/aromatic N) is 4. The quantitative estimate of drug-likeness (QED) is 0.566. The van der Waals surface area contributed by atoms with Gasteiger partial charge in [-0.25, -0.2) is 0 Å². The van der Waals surface area contributed by atoms with E-state index in [1.54, 1.807) is 0 Å². The van der Waals surface area contributed by atoms with Gasteiger partial charge in [0.15, 0.2) is 10.2 Å². The van der Waals surface area contributed by atoms with Crippen molar-refractivity contribution in [1.29, 1.82) is 10.5 Å². The largest absolute Gasteiger partial charge is 0.346 e. The molecule has 8 heteroatoms. The molecule has 0 fully saturated rings. The Morgan fingerprint density at radius 2 is 1.03 bits per heavy atom. The first-order valence-electron chi connectivity index (χ1n) is 9.60. The van der Waals surface area contributed by atoms with Crippen LogP contribution in [0.3, 0.4) is 0 Å². The molecule has 2 rings (SSSR count). The average Bonchev–Trinajstić information content (AvgIpc) is 2.77. The lowest BCUT2D eigenvalue weighted by Gasteiger charge is -2.30. The summed E-state index contributed by atoms with van der Waals surface area (Å²) in [6.45, 7) is 2.17. The van der Waals surface area contributed by atoms with E-state index in [0.717, 1.165) is 11.4 Å². The van der Waals surface area contributed by atoms with Crippen molar-refractivity contribution in [3.63, 3.8) is 0 Å². The topological polar surface area (TPSA) is 78.1 Å². The molecule has 154 valence electrons. The van der Waals surface area contributed by atoms with Gasteiger partial charge in [0.2, 0.25) is 0 Å². The first kappa shape index (κ1) is 23.1. The maximum atomic E-state index is 9.01. The fourth-order valence-corrected chi connectivity index (χ4v) is 3.29. The minimum atomic E-state index is 0.363. The maximum Gasteiger partial charge on any atom is 0.173 e. The Hall–Kier alpha value is -3.20. The molecular weight excluding hydrogens is 412 g/mol. The Kier molecular flexibility index (Phi) is 10.1. The maximum absolute atomic E-state index is 9.01.